The van der Waals surface area contributed by atoms with Gasteiger partial charge < -0.3 is 29.5 Å². The Morgan fingerprint density at radius 3 is 2.58 bits per heavy atom. The Balaban J connectivity index is 0.000000517. The Hall–Kier alpha value is -6.66. The molecule has 0 bridgehead atoms. The first-order valence-electron chi connectivity index (χ1n) is 20.5. The standard InChI is InChI=1S/C40H33F2N5O6.C7H12FN/c1-5-27-32(41)14-13-24-16-26(48)17-30(33(24)27)35-34(42)36-31(18-43-35)37(46-39(45-36)51-4)47-19-21(2)15-25(20-47)44-40(50)53-22(3)52-38(49)29-12-8-10-23-9-6-7-11-28(23)29;8-6-4-7-2-1-3-9(7)5-6/h1,6-14,16-18,21-22,25,48H,15,19-20H2,2-4H3,(H,44,50);6-7H,1-5H2/t;6-,7?/m.1/s1. The van der Waals surface area contributed by atoms with Crippen LogP contribution in [0.3, 0.4) is 0 Å². The van der Waals surface area contributed by atoms with Crippen molar-refractivity contribution in [1.82, 2.24) is 25.2 Å². The van der Waals surface area contributed by atoms with Crippen LogP contribution in [-0.4, -0.2) is 94.9 Å². The fraction of sp³-hybridized carbons (Fsp3) is 0.340. The summed E-state index contributed by atoms with van der Waals surface area (Å²) in [5, 5.41) is 15.8. The van der Waals surface area contributed by atoms with E-state index < -0.39 is 42.2 Å². The molecular formula is C47H45F3N6O6. The first-order chi connectivity index (χ1) is 29.9. The quantitative estimate of drug-likeness (QED) is 0.0912. The molecule has 2 N–H and O–H groups in total. The maximum absolute atomic E-state index is 16.6. The molecule has 9 rings (SSSR count). The van der Waals surface area contributed by atoms with E-state index in [-0.39, 0.29) is 57.3 Å². The van der Waals surface area contributed by atoms with Gasteiger partial charge in [0.1, 0.15) is 34.8 Å². The molecule has 12 nitrogen and oxygen atoms in total. The summed E-state index contributed by atoms with van der Waals surface area (Å²) in [5.41, 5.74) is -0.00984. The van der Waals surface area contributed by atoms with Crippen LogP contribution in [0.25, 0.3) is 43.7 Å². The van der Waals surface area contributed by atoms with E-state index in [0.717, 1.165) is 23.7 Å². The molecule has 15 heteroatoms. The van der Waals surface area contributed by atoms with Gasteiger partial charge >= 0.3 is 18.1 Å². The second-order valence-corrected chi connectivity index (χ2v) is 16.0. The molecule has 320 valence electrons. The van der Waals surface area contributed by atoms with Crippen molar-refractivity contribution < 1.29 is 42.1 Å². The molecule has 3 aliphatic rings. The van der Waals surface area contributed by atoms with Crippen molar-refractivity contribution >= 4 is 50.3 Å². The van der Waals surface area contributed by atoms with Gasteiger partial charge in [-0.25, -0.2) is 22.8 Å². The summed E-state index contributed by atoms with van der Waals surface area (Å²) in [6, 6.07) is 18.0. The third-order valence-electron chi connectivity index (χ3n) is 11.6. The van der Waals surface area contributed by atoms with Crippen molar-refractivity contribution in [1.29, 1.82) is 0 Å². The second kappa shape index (κ2) is 17.7. The number of alkyl halides is 1. The Bertz CT molecular complexity index is 2710. The molecule has 6 aromatic rings. The number of fused-ring (bicyclic) bond motifs is 4. The lowest BCUT2D eigenvalue weighted by atomic mass is 9.95. The van der Waals surface area contributed by atoms with Crippen molar-refractivity contribution in [2.24, 2.45) is 5.92 Å². The lowest BCUT2D eigenvalue weighted by Gasteiger charge is -2.37. The van der Waals surface area contributed by atoms with Crippen molar-refractivity contribution in [2.75, 3.05) is 38.2 Å². The zero-order valence-electron chi connectivity index (χ0n) is 34.4. The predicted molar refractivity (Wildman–Crippen MR) is 229 cm³/mol. The van der Waals surface area contributed by atoms with Crippen LogP contribution < -0.4 is 15.0 Å². The highest BCUT2D eigenvalue weighted by Gasteiger charge is 2.35. The van der Waals surface area contributed by atoms with Gasteiger partial charge in [-0.1, -0.05) is 55.3 Å². The Labute approximate surface area is 356 Å². The van der Waals surface area contributed by atoms with E-state index in [1.807, 2.05) is 42.2 Å². The number of aromatic nitrogens is 3. The van der Waals surface area contributed by atoms with Gasteiger partial charge in [-0.15, -0.1) is 6.42 Å². The van der Waals surface area contributed by atoms with Crippen molar-refractivity contribution in [2.45, 2.75) is 64.1 Å². The number of carbonyl (C=O) groups is 2. The molecule has 0 radical (unpaired) electrons. The molecule has 3 saturated heterocycles. The van der Waals surface area contributed by atoms with E-state index in [1.165, 1.54) is 57.3 Å². The number of terminal acetylenes is 1. The normalized spacial score (nSPS) is 20.2. The van der Waals surface area contributed by atoms with E-state index in [4.69, 9.17) is 20.6 Å². The molecule has 62 heavy (non-hydrogen) atoms. The minimum Gasteiger partial charge on any atom is -0.508 e. The Morgan fingerprint density at radius 1 is 0.984 bits per heavy atom. The number of anilines is 1. The number of hydrogen-bond acceptors (Lipinski definition) is 11. The highest BCUT2D eigenvalue weighted by atomic mass is 19.1. The van der Waals surface area contributed by atoms with Crippen molar-refractivity contribution in [3.63, 3.8) is 0 Å². The van der Waals surface area contributed by atoms with Crippen LogP contribution in [0.15, 0.2) is 72.9 Å². The van der Waals surface area contributed by atoms with Gasteiger partial charge in [-0.3, -0.25) is 9.88 Å². The molecule has 1 amide bonds. The number of nitrogens with zero attached hydrogens (tertiary/aromatic N) is 5. The number of benzene rings is 4. The topological polar surface area (TPSA) is 139 Å². The first-order valence-corrected chi connectivity index (χ1v) is 20.5. The van der Waals surface area contributed by atoms with E-state index >= 15 is 4.39 Å². The number of ether oxygens (including phenoxy) is 3. The summed E-state index contributed by atoms with van der Waals surface area (Å²) in [6.45, 7) is 6.05. The number of esters is 1. The number of nitrogens with one attached hydrogen (secondary N) is 1. The van der Waals surface area contributed by atoms with Crippen LogP contribution in [0.5, 0.6) is 11.8 Å². The van der Waals surface area contributed by atoms with E-state index in [0.29, 0.717) is 42.3 Å². The van der Waals surface area contributed by atoms with Crippen LogP contribution >= 0.6 is 0 Å². The summed E-state index contributed by atoms with van der Waals surface area (Å²) >= 11 is 0. The number of hydrogen-bond donors (Lipinski definition) is 2. The lowest BCUT2D eigenvalue weighted by molar-refractivity contribution is -0.0607. The molecule has 5 atom stereocenters. The van der Waals surface area contributed by atoms with Crippen LogP contribution in [0, 0.1) is 29.9 Å². The van der Waals surface area contributed by atoms with Crippen LogP contribution in [0.1, 0.15) is 55.5 Å². The van der Waals surface area contributed by atoms with Crippen LogP contribution in [0.4, 0.5) is 23.8 Å². The number of pyridine rings is 1. The molecule has 0 saturated carbocycles. The molecule has 4 unspecified atom stereocenters. The number of phenols is 1. The summed E-state index contributed by atoms with van der Waals surface area (Å²) < 4.78 is 60.2. The van der Waals surface area contributed by atoms with Crippen LogP contribution in [-0.2, 0) is 9.47 Å². The summed E-state index contributed by atoms with van der Waals surface area (Å²) in [5.74, 6) is 0.314. The van der Waals surface area contributed by atoms with Gasteiger partial charge in [-0.2, -0.15) is 9.97 Å². The minimum atomic E-state index is -1.19. The molecule has 5 heterocycles. The lowest BCUT2D eigenvalue weighted by Crippen LogP contribution is -2.51. The molecule has 0 spiro atoms. The average Bonchev–Trinajstić information content (AvgIpc) is 3.84. The number of piperidine rings is 1. The Kier molecular flexibility index (Phi) is 12.0. The molecular weight excluding hydrogens is 802 g/mol. The van der Waals surface area contributed by atoms with Crippen LogP contribution in [0.2, 0.25) is 0 Å². The van der Waals surface area contributed by atoms with E-state index in [2.05, 4.69) is 31.1 Å². The monoisotopic (exact) mass is 846 g/mol. The first kappa shape index (κ1) is 42.0. The fourth-order valence-electron chi connectivity index (χ4n) is 8.94. The van der Waals surface area contributed by atoms with Crippen molar-refractivity contribution in [3.8, 4) is 35.4 Å². The zero-order chi connectivity index (χ0) is 43.7. The van der Waals surface area contributed by atoms with Gasteiger partial charge in [0.05, 0.1) is 29.7 Å². The third-order valence-corrected chi connectivity index (χ3v) is 11.6. The van der Waals surface area contributed by atoms with Gasteiger partial charge in [0.25, 0.3) is 0 Å². The van der Waals surface area contributed by atoms with Gasteiger partial charge in [0.15, 0.2) is 5.82 Å². The molecule has 3 fully saturated rings. The summed E-state index contributed by atoms with van der Waals surface area (Å²) in [6.07, 6.45) is 8.47. The second-order valence-electron chi connectivity index (χ2n) is 16.0. The summed E-state index contributed by atoms with van der Waals surface area (Å²) in [4.78, 5) is 43.4. The minimum absolute atomic E-state index is 0.0412. The number of halogens is 3. The highest BCUT2D eigenvalue weighted by Crippen LogP contribution is 2.39. The number of phenolic OH excluding ortho intramolecular Hbond substituents is 1. The number of methoxy groups -OCH3 is 1. The number of alkyl carbamates (subject to hydrolysis) is 1. The van der Waals surface area contributed by atoms with E-state index in [9.17, 15) is 23.5 Å². The van der Waals surface area contributed by atoms with Gasteiger partial charge in [0.2, 0.25) is 6.29 Å². The number of carbonyl (C=O) groups excluding carboxylic acids is 2. The third kappa shape index (κ3) is 8.60. The molecule has 4 aromatic carbocycles. The molecule has 0 aliphatic carbocycles. The highest BCUT2D eigenvalue weighted by molar-refractivity contribution is 6.05. The molecule has 2 aromatic heterocycles. The largest absolute Gasteiger partial charge is 0.508 e. The van der Waals surface area contributed by atoms with Gasteiger partial charge in [-0.05, 0) is 78.6 Å². The zero-order valence-corrected chi connectivity index (χ0v) is 34.4. The smallest absolute Gasteiger partial charge is 0.410 e. The Morgan fingerprint density at radius 2 is 1.79 bits per heavy atom. The SMILES string of the molecule is C#Cc1c(F)ccc2cc(O)cc(-c3ncc4c(N5CC(C)CC(NC(=O)OC(C)OC(=O)c6cccc7ccccc67)C5)nc(OC)nc4c3F)c12.F[C@@H]1CC2CCCN2C1. The fourth-order valence-corrected chi connectivity index (χ4v) is 8.94. The van der Waals surface area contributed by atoms with Crippen molar-refractivity contribution in [3.05, 3.63) is 95.7 Å². The van der Waals surface area contributed by atoms with E-state index in [1.54, 1.807) is 12.1 Å². The number of rotatable bonds is 7. The summed E-state index contributed by atoms with van der Waals surface area (Å²) in [7, 11) is 1.35. The maximum atomic E-state index is 16.6. The average molecular weight is 847 g/mol. The number of amides is 1. The number of aromatic hydroxyl groups is 1. The maximum Gasteiger partial charge on any atom is 0.410 e. The predicted octanol–water partition coefficient (Wildman–Crippen LogP) is 8.31. The molecule has 3 aliphatic heterocycles. The van der Waals surface area contributed by atoms with Gasteiger partial charge in [0, 0.05) is 49.7 Å².